The fourth-order valence-corrected chi connectivity index (χ4v) is 2.83. The van der Waals surface area contributed by atoms with Crippen molar-refractivity contribution in [2.45, 2.75) is 11.4 Å². The summed E-state index contributed by atoms with van der Waals surface area (Å²) in [4.78, 5) is 14.9. The second-order valence-electron chi connectivity index (χ2n) is 4.62. The first-order chi connectivity index (χ1) is 10.0. The number of carbonyl (C=O) groups is 1. The van der Waals surface area contributed by atoms with Crippen LogP contribution in [0.4, 0.5) is 0 Å². The minimum atomic E-state index is 0.0879. The molecule has 110 valence electrons. The van der Waals surface area contributed by atoms with Crippen LogP contribution in [0.5, 0.6) is 0 Å². The number of thioether (sulfide) groups is 1. The lowest BCUT2D eigenvalue weighted by atomic mass is 10.2. The highest BCUT2D eigenvalue weighted by Gasteiger charge is 2.10. The SMILES string of the molecule is CN(Cc1ccc(Cl)cc1)C(=O)CSc1ccc(Cl)cc1. The first-order valence-corrected chi connectivity index (χ1v) is 8.15. The van der Waals surface area contributed by atoms with Gasteiger partial charge >= 0.3 is 0 Å². The zero-order chi connectivity index (χ0) is 15.2. The number of amides is 1. The zero-order valence-electron chi connectivity index (χ0n) is 11.6. The van der Waals surface area contributed by atoms with Crippen molar-refractivity contribution in [3.05, 3.63) is 64.1 Å². The molecule has 2 aromatic carbocycles. The van der Waals surface area contributed by atoms with Crippen LogP contribution >= 0.6 is 35.0 Å². The fraction of sp³-hybridized carbons (Fsp3) is 0.188. The van der Waals surface area contributed by atoms with E-state index in [4.69, 9.17) is 23.2 Å². The van der Waals surface area contributed by atoms with E-state index in [0.29, 0.717) is 22.3 Å². The Kier molecular flexibility index (Phi) is 5.97. The van der Waals surface area contributed by atoms with Gasteiger partial charge in [-0.1, -0.05) is 35.3 Å². The second kappa shape index (κ2) is 7.74. The Morgan fingerprint density at radius 1 is 1.00 bits per heavy atom. The quantitative estimate of drug-likeness (QED) is 0.733. The highest BCUT2D eigenvalue weighted by atomic mass is 35.5. The molecule has 1 amide bonds. The molecule has 2 rings (SSSR count). The Morgan fingerprint density at radius 3 is 2.10 bits per heavy atom. The molecule has 0 aliphatic carbocycles. The average Bonchev–Trinajstić information content (AvgIpc) is 2.48. The summed E-state index contributed by atoms with van der Waals surface area (Å²) < 4.78 is 0. The molecule has 0 unspecified atom stereocenters. The smallest absolute Gasteiger partial charge is 0.232 e. The van der Waals surface area contributed by atoms with Gasteiger partial charge in [0.05, 0.1) is 5.75 Å². The summed E-state index contributed by atoms with van der Waals surface area (Å²) in [7, 11) is 1.80. The average molecular weight is 340 g/mol. The number of rotatable bonds is 5. The van der Waals surface area contributed by atoms with E-state index in [1.165, 1.54) is 11.8 Å². The van der Waals surface area contributed by atoms with Gasteiger partial charge in [0.15, 0.2) is 0 Å². The maximum atomic E-state index is 12.1. The van der Waals surface area contributed by atoms with E-state index in [1.807, 2.05) is 48.5 Å². The van der Waals surface area contributed by atoms with Crippen molar-refractivity contribution in [3.63, 3.8) is 0 Å². The molecule has 0 saturated heterocycles. The molecule has 0 heterocycles. The molecule has 0 fully saturated rings. The third-order valence-electron chi connectivity index (χ3n) is 2.93. The van der Waals surface area contributed by atoms with Gasteiger partial charge in [-0.3, -0.25) is 4.79 Å². The molecule has 0 atom stereocenters. The van der Waals surface area contributed by atoms with Gasteiger partial charge in [-0.15, -0.1) is 11.8 Å². The van der Waals surface area contributed by atoms with Gasteiger partial charge in [-0.25, -0.2) is 0 Å². The molecule has 0 bridgehead atoms. The van der Waals surface area contributed by atoms with E-state index < -0.39 is 0 Å². The van der Waals surface area contributed by atoms with Crippen LogP contribution in [0.1, 0.15) is 5.56 Å². The van der Waals surface area contributed by atoms with Crippen molar-refractivity contribution in [3.8, 4) is 0 Å². The summed E-state index contributed by atoms with van der Waals surface area (Å²) in [5.74, 6) is 0.496. The van der Waals surface area contributed by atoms with Crippen LogP contribution in [0.15, 0.2) is 53.4 Å². The lowest BCUT2D eigenvalue weighted by Gasteiger charge is -2.17. The van der Waals surface area contributed by atoms with Gasteiger partial charge in [0.25, 0.3) is 0 Å². The monoisotopic (exact) mass is 339 g/mol. The molecule has 2 aromatic rings. The molecule has 0 N–H and O–H groups in total. The zero-order valence-corrected chi connectivity index (χ0v) is 13.9. The Morgan fingerprint density at radius 2 is 1.52 bits per heavy atom. The third-order valence-corrected chi connectivity index (χ3v) is 4.44. The summed E-state index contributed by atoms with van der Waals surface area (Å²) >= 11 is 13.2. The Hall–Kier alpha value is -1.16. The molecular formula is C16H15Cl2NOS. The molecule has 0 aliphatic heterocycles. The number of hydrogen-bond acceptors (Lipinski definition) is 2. The predicted octanol–water partition coefficient (Wildman–Crippen LogP) is 4.74. The Bertz CT molecular complexity index is 599. The number of benzene rings is 2. The van der Waals surface area contributed by atoms with Gasteiger partial charge in [0, 0.05) is 28.5 Å². The van der Waals surface area contributed by atoms with Gasteiger partial charge in [0.2, 0.25) is 5.91 Å². The van der Waals surface area contributed by atoms with Crippen LogP contribution < -0.4 is 0 Å². The summed E-state index contributed by atoms with van der Waals surface area (Å²) in [5, 5.41) is 1.40. The minimum absolute atomic E-state index is 0.0879. The van der Waals surface area contributed by atoms with E-state index in [2.05, 4.69) is 0 Å². The van der Waals surface area contributed by atoms with E-state index in [0.717, 1.165) is 10.5 Å². The van der Waals surface area contributed by atoms with Crippen LogP contribution in [0, 0.1) is 0 Å². The van der Waals surface area contributed by atoms with Crippen molar-refractivity contribution in [1.82, 2.24) is 4.90 Å². The van der Waals surface area contributed by atoms with Gasteiger partial charge < -0.3 is 4.90 Å². The van der Waals surface area contributed by atoms with Crippen LogP contribution in [0.25, 0.3) is 0 Å². The Balaban J connectivity index is 1.84. The van der Waals surface area contributed by atoms with Crippen molar-refractivity contribution >= 4 is 40.9 Å². The van der Waals surface area contributed by atoms with Crippen LogP contribution in [-0.4, -0.2) is 23.6 Å². The maximum absolute atomic E-state index is 12.1. The summed E-state index contributed by atoms with van der Waals surface area (Å²) in [6.07, 6.45) is 0. The van der Waals surface area contributed by atoms with E-state index in [9.17, 15) is 4.79 Å². The van der Waals surface area contributed by atoms with E-state index in [-0.39, 0.29) is 5.91 Å². The standard InChI is InChI=1S/C16H15Cl2NOS/c1-19(10-12-2-4-13(17)5-3-12)16(20)11-21-15-8-6-14(18)7-9-15/h2-9H,10-11H2,1H3. The van der Waals surface area contributed by atoms with Gasteiger partial charge in [-0.05, 0) is 42.0 Å². The highest BCUT2D eigenvalue weighted by molar-refractivity contribution is 8.00. The topological polar surface area (TPSA) is 20.3 Å². The number of halogens is 2. The van der Waals surface area contributed by atoms with E-state index in [1.54, 1.807) is 11.9 Å². The molecular weight excluding hydrogens is 325 g/mol. The summed E-state index contributed by atoms with van der Waals surface area (Å²) in [6.45, 7) is 0.581. The fourth-order valence-electron chi connectivity index (χ4n) is 1.74. The predicted molar refractivity (Wildman–Crippen MR) is 90.1 cm³/mol. The minimum Gasteiger partial charge on any atom is -0.341 e. The molecule has 2 nitrogen and oxygen atoms in total. The van der Waals surface area contributed by atoms with Gasteiger partial charge in [0.1, 0.15) is 0 Å². The van der Waals surface area contributed by atoms with Crippen molar-refractivity contribution in [1.29, 1.82) is 0 Å². The summed E-state index contributed by atoms with van der Waals surface area (Å²) in [5.41, 5.74) is 1.06. The molecule has 0 aliphatic rings. The molecule has 5 heteroatoms. The number of carbonyl (C=O) groups excluding carboxylic acids is 1. The largest absolute Gasteiger partial charge is 0.341 e. The highest BCUT2D eigenvalue weighted by Crippen LogP contribution is 2.21. The van der Waals surface area contributed by atoms with Crippen LogP contribution in [-0.2, 0) is 11.3 Å². The first-order valence-electron chi connectivity index (χ1n) is 6.41. The Labute approximate surface area is 139 Å². The van der Waals surface area contributed by atoms with E-state index >= 15 is 0 Å². The van der Waals surface area contributed by atoms with Crippen molar-refractivity contribution < 1.29 is 4.79 Å². The van der Waals surface area contributed by atoms with Gasteiger partial charge in [-0.2, -0.15) is 0 Å². The lowest BCUT2D eigenvalue weighted by Crippen LogP contribution is -2.27. The third kappa shape index (κ3) is 5.27. The first kappa shape index (κ1) is 16.2. The molecule has 21 heavy (non-hydrogen) atoms. The molecule has 0 radical (unpaired) electrons. The molecule has 0 aromatic heterocycles. The number of hydrogen-bond donors (Lipinski definition) is 0. The second-order valence-corrected chi connectivity index (χ2v) is 6.54. The molecule has 0 saturated carbocycles. The maximum Gasteiger partial charge on any atom is 0.232 e. The normalized spacial score (nSPS) is 10.4. The van der Waals surface area contributed by atoms with Crippen LogP contribution in [0.2, 0.25) is 10.0 Å². The van der Waals surface area contributed by atoms with Crippen LogP contribution in [0.3, 0.4) is 0 Å². The molecule has 0 spiro atoms. The summed E-state index contributed by atoms with van der Waals surface area (Å²) in [6, 6.07) is 15.0. The number of nitrogens with zero attached hydrogens (tertiary/aromatic N) is 1. The van der Waals surface area contributed by atoms with Crippen molar-refractivity contribution in [2.24, 2.45) is 0 Å². The van der Waals surface area contributed by atoms with Crippen molar-refractivity contribution in [2.75, 3.05) is 12.8 Å². The lowest BCUT2D eigenvalue weighted by molar-refractivity contribution is -0.127.